The van der Waals surface area contributed by atoms with Crippen LogP contribution in [-0.4, -0.2) is 42.2 Å². The number of benzene rings is 1. The van der Waals surface area contributed by atoms with Crippen LogP contribution < -0.4 is 5.32 Å². The van der Waals surface area contributed by atoms with Crippen molar-refractivity contribution in [3.05, 3.63) is 48.7 Å². The van der Waals surface area contributed by atoms with Gasteiger partial charge in [0.1, 0.15) is 0 Å². The molecule has 1 aromatic heterocycles. The lowest BCUT2D eigenvalue weighted by Crippen LogP contribution is -2.43. The van der Waals surface area contributed by atoms with E-state index in [1.54, 1.807) is 11.1 Å². The summed E-state index contributed by atoms with van der Waals surface area (Å²) in [6, 6.07) is 13.6. The number of hydrogen-bond donors (Lipinski definition) is 1. The van der Waals surface area contributed by atoms with E-state index in [2.05, 4.69) is 10.3 Å². The number of nitrogens with one attached hydrogen (secondary N) is 1. The zero-order valence-electron chi connectivity index (χ0n) is 11.7. The van der Waals surface area contributed by atoms with Gasteiger partial charge in [0.25, 0.3) is 0 Å². The Bertz CT molecular complexity index is 593. The minimum atomic E-state index is -0.104. The molecule has 1 N–H and O–H groups in total. The third-order valence-corrected chi connectivity index (χ3v) is 3.38. The van der Waals surface area contributed by atoms with E-state index in [0.717, 1.165) is 11.3 Å². The summed E-state index contributed by atoms with van der Waals surface area (Å²) in [6.45, 7) is 2.44. The molecule has 1 aromatic carbocycles. The monoisotopic (exact) mass is 283 g/mol. The number of amides is 2. The number of ether oxygens (including phenoxy) is 1. The maximum Gasteiger partial charge on any atom is 0.322 e. The third kappa shape index (κ3) is 3.38. The summed E-state index contributed by atoms with van der Waals surface area (Å²) in [5.74, 6) is 0. The Kier molecular flexibility index (Phi) is 4.12. The van der Waals surface area contributed by atoms with Crippen molar-refractivity contribution >= 4 is 11.7 Å². The highest BCUT2D eigenvalue weighted by atomic mass is 16.5. The molecule has 1 saturated heterocycles. The molecule has 0 bridgehead atoms. The van der Waals surface area contributed by atoms with Gasteiger partial charge in [0, 0.05) is 18.7 Å². The molecule has 1 fully saturated rings. The Hall–Kier alpha value is -2.40. The van der Waals surface area contributed by atoms with Gasteiger partial charge in [0.2, 0.25) is 0 Å². The van der Waals surface area contributed by atoms with Crippen molar-refractivity contribution in [2.45, 2.75) is 0 Å². The lowest BCUT2D eigenvalue weighted by atomic mass is 10.1. The predicted octanol–water partition coefficient (Wildman–Crippen LogP) is 2.61. The van der Waals surface area contributed by atoms with E-state index in [1.807, 2.05) is 42.5 Å². The second-order valence-electron chi connectivity index (χ2n) is 4.83. The second-order valence-corrected chi connectivity index (χ2v) is 4.83. The highest BCUT2D eigenvalue weighted by Gasteiger charge is 2.16. The van der Waals surface area contributed by atoms with E-state index in [9.17, 15) is 4.79 Å². The zero-order chi connectivity index (χ0) is 14.5. The molecule has 0 aliphatic carbocycles. The Morgan fingerprint density at radius 3 is 2.52 bits per heavy atom. The van der Waals surface area contributed by atoms with Crippen molar-refractivity contribution in [3.63, 3.8) is 0 Å². The van der Waals surface area contributed by atoms with Gasteiger partial charge in [-0.15, -0.1) is 0 Å². The minimum absolute atomic E-state index is 0.104. The number of hydrogen-bond acceptors (Lipinski definition) is 3. The molecule has 0 spiro atoms. The Morgan fingerprint density at radius 1 is 1.10 bits per heavy atom. The van der Waals surface area contributed by atoms with E-state index in [-0.39, 0.29) is 6.03 Å². The highest BCUT2D eigenvalue weighted by Crippen LogP contribution is 2.18. The van der Waals surface area contributed by atoms with E-state index in [1.165, 1.54) is 0 Å². The highest BCUT2D eigenvalue weighted by molar-refractivity contribution is 5.89. The van der Waals surface area contributed by atoms with Crippen molar-refractivity contribution in [2.24, 2.45) is 0 Å². The molecule has 5 nitrogen and oxygen atoms in total. The first kappa shape index (κ1) is 13.6. The summed E-state index contributed by atoms with van der Waals surface area (Å²) in [4.78, 5) is 18.2. The molecule has 2 heterocycles. The van der Waals surface area contributed by atoms with Gasteiger partial charge >= 0.3 is 6.03 Å². The summed E-state index contributed by atoms with van der Waals surface area (Å²) in [7, 11) is 0. The lowest BCUT2D eigenvalue weighted by molar-refractivity contribution is 0.0564. The topological polar surface area (TPSA) is 54.5 Å². The van der Waals surface area contributed by atoms with Gasteiger partial charge in [0.05, 0.1) is 30.8 Å². The van der Waals surface area contributed by atoms with Gasteiger partial charge in [-0.3, -0.25) is 4.98 Å². The molecular formula is C16H17N3O2. The SMILES string of the molecule is O=C(Nc1ccc(-c2ccccc2)nc1)N1CCOCC1. The van der Waals surface area contributed by atoms with Crippen LogP contribution in [0.25, 0.3) is 11.3 Å². The minimum Gasteiger partial charge on any atom is -0.378 e. The fraction of sp³-hybridized carbons (Fsp3) is 0.250. The molecule has 0 radical (unpaired) electrons. The quantitative estimate of drug-likeness (QED) is 0.921. The molecule has 1 aliphatic rings. The Labute approximate surface area is 123 Å². The number of carbonyl (C=O) groups is 1. The molecule has 0 saturated carbocycles. The maximum atomic E-state index is 12.1. The Balaban J connectivity index is 1.65. The first-order chi connectivity index (χ1) is 10.3. The van der Waals surface area contributed by atoms with Crippen molar-refractivity contribution in [1.29, 1.82) is 0 Å². The third-order valence-electron chi connectivity index (χ3n) is 3.38. The molecule has 108 valence electrons. The van der Waals surface area contributed by atoms with Crippen LogP contribution in [0, 0.1) is 0 Å². The van der Waals surface area contributed by atoms with Crippen LogP contribution in [0.3, 0.4) is 0 Å². The second kappa shape index (κ2) is 6.37. The summed E-state index contributed by atoms with van der Waals surface area (Å²) in [6.07, 6.45) is 1.68. The molecule has 2 amide bonds. The normalized spacial score (nSPS) is 14.8. The van der Waals surface area contributed by atoms with E-state index in [0.29, 0.717) is 32.0 Å². The molecular weight excluding hydrogens is 266 g/mol. The number of nitrogens with zero attached hydrogens (tertiary/aromatic N) is 2. The van der Waals surface area contributed by atoms with Crippen molar-refractivity contribution in [3.8, 4) is 11.3 Å². The van der Waals surface area contributed by atoms with Crippen LogP contribution in [0.1, 0.15) is 0 Å². The molecule has 5 heteroatoms. The van der Waals surface area contributed by atoms with Crippen LogP contribution in [0.2, 0.25) is 0 Å². The summed E-state index contributed by atoms with van der Waals surface area (Å²) >= 11 is 0. The van der Waals surface area contributed by atoms with Crippen LogP contribution in [0.15, 0.2) is 48.7 Å². The van der Waals surface area contributed by atoms with E-state index in [4.69, 9.17) is 4.74 Å². The molecule has 0 atom stereocenters. The summed E-state index contributed by atoms with van der Waals surface area (Å²) in [5, 5.41) is 2.86. The zero-order valence-corrected chi connectivity index (χ0v) is 11.7. The van der Waals surface area contributed by atoms with Crippen molar-refractivity contribution in [1.82, 2.24) is 9.88 Å². The number of anilines is 1. The van der Waals surface area contributed by atoms with Gasteiger partial charge in [-0.25, -0.2) is 4.79 Å². The first-order valence-corrected chi connectivity index (χ1v) is 6.98. The molecule has 0 unspecified atom stereocenters. The smallest absolute Gasteiger partial charge is 0.322 e. The number of carbonyl (C=O) groups excluding carboxylic acids is 1. The predicted molar refractivity (Wildman–Crippen MR) is 81.1 cm³/mol. The summed E-state index contributed by atoms with van der Waals surface area (Å²) in [5.41, 5.74) is 2.65. The van der Waals surface area contributed by atoms with Crippen LogP contribution in [0.5, 0.6) is 0 Å². The molecule has 1 aliphatic heterocycles. The molecule has 3 rings (SSSR count). The largest absolute Gasteiger partial charge is 0.378 e. The lowest BCUT2D eigenvalue weighted by Gasteiger charge is -2.26. The average Bonchev–Trinajstić information content (AvgIpc) is 2.57. The molecule has 21 heavy (non-hydrogen) atoms. The molecule has 2 aromatic rings. The van der Waals surface area contributed by atoms with Gasteiger partial charge in [-0.2, -0.15) is 0 Å². The fourth-order valence-corrected chi connectivity index (χ4v) is 2.22. The van der Waals surface area contributed by atoms with Crippen LogP contribution in [-0.2, 0) is 4.74 Å². The van der Waals surface area contributed by atoms with Gasteiger partial charge in [0.15, 0.2) is 0 Å². The van der Waals surface area contributed by atoms with Gasteiger partial charge in [-0.05, 0) is 12.1 Å². The number of urea groups is 1. The van der Waals surface area contributed by atoms with Gasteiger partial charge in [-0.1, -0.05) is 30.3 Å². The van der Waals surface area contributed by atoms with Crippen molar-refractivity contribution in [2.75, 3.05) is 31.6 Å². The standard InChI is InChI=1S/C16H17N3O2/c20-16(19-8-10-21-11-9-19)18-14-6-7-15(17-12-14)13-4-2-1-3-5-13/h1-7,12H,8-11H2,(H,18,20). The first-order valence-electron chi connectivity index (χ1n) is 6.98. The Morgan fingerprint density at radius 2 is 1.86 bits per heavy atom. The van der Waals surface area contributed by atoms with E-state index >= 15 is 0 Å². The van der Waals surface area contributed by atoms with Crippen molar-refractivity contribution < 1.29 is 9.53 Å². The van der Waals surface area contributed by atoms with Crippen LogP contribution >= 0.6 is 0 Å². The van der Waals surface area contributed by atoms with E-state index < -0.39 is 0 Å². The maximum absolute atomic E-state index is 12.1. The van der Waals surface area contributed by atoms with Crippen LogP contribution in [0.4, 0.5) is 10.5 Å². The number of pyridine rings is 1. The fourth-order valence-electron chi connectivity index (χ4n) is 2.22. The number of morpholine rings is 1. The number of aromatic nitrogens is 1. The van der Waals surface area contributed by atoms with Gasteiger partial charge < -0.3 is 15.0 Å². The average molecular weight is 283 g/mol. The summed E-state index contributed by atoms with van der Waals surface area (Å²) < 4.78 is 5.23. The number of rotatable bonds is 2.